The van der Waals surface area contributed by atoms with E-state index in [9.17, 15) is 4.79 Å². The van der Waals surface area contributed by atoms with Crippen molar-refractivity contribution in [1.82, 2.24) is 9.80 Å². The summed E-state index contributed by atoms with van der Waals surface area (Å²) in [6.45, 7) is 5.32. The van der Waals surface area contributed by atoms with Gasteiger partial charge in [-0.05, 0) is 24.1 Å². The minimum absolute atomic E-state index is 0.0352. The van der Waals surface area contributed by atoms with Crippen LogP contribution in [0.2, 0.25) is 0 Å². The highest BCUT2D eigenvalue weighted by Crippen LogP contribution is 2.25. The molecule has 2 aromatic rings. The third-order valence-corrected chi connectivity index (χ3v) is 5.19. The number of amides is 1. The molecule has 0 N–H and O–H groups in total. The Morgan fingerprint density at radius 1 is 1.00 bits per heavy atom. The molecule has 0 unspecified atom stereocenters. The van der Waals surface area contributed by atoms with E-state index in [0.717, 1.165) is 26.1 Å². The van der Waals surface area contributed by atoms with Crippen molar-refractivity contribution in [2.24, 2.45) is 0 Å². The summed E-state index contributed by atoms with van der Waals surface area (Å²) in [5.74, 6) is 0.730. The highest BCUT2D eigenvalue weighted by atomic mass is 16.5. The maximum Gasteiger partial charge on any atom is 0.257 e. The highest BCUT2D eigenvalue weighted by Gasteiger charge is 2.27. The first kappa shape index (κ1) is 18.0. The Kier molecular flexibility index (Phi) is 5.70. The lowest BCUT2D eigenvalue weighted by molar-refractivity contribution is 0.0299. The number of hydrogen-bond donors (Lipinski definition) is 0. The molecule has 27 heavy (non-hydrogen) atoms. The number of rotatable bonds is 5. The molecule has 0 spiro atoms. The predicted molar refractivity (Wildman–Crippen MR) is 104 cm³/mol. The molecule has 2 fully saturated rings. The van der Waals surface area contributed by atoms with Crippen LogP contribution in [-0.4, -0.2) is 61.2 Å². The zero-order valence-electron chi connectivity index (χ0n) is 15.5. The largest absolute Gasteiger partial charge is 0.488 e. The number of hydrogen-bond acceptors (Lipinski definition) is 4. The Balaban J connectivity index is 1.39. The fourth-order valence-electron chi connectivity index (χ4n) is 3.74. The van der Waals surface area contributed by atoms with E-state index in [-0.39, 0.29) is 12.0 Å². The Hall–Kier alpha value is -2.37. The van der Waals surface area contributed by atoms with Gasteiger partial charge in [0, 0.05) is 32.7 Å². The molecular formula is C22H26N2O3. The van der Waals surface area contributed by atoms with E-state index in [2.05, 4.69) is 29.2 Å². The van der Waals surface area contributed by atoms with E-state index in [1.807, 2.05) is 35.2 Å². The summed E-state index contributed by atoms with van der Waals surface area (Å²) >= 11 is 0. The lowest BCUT2D eigenvalue weighted by atomic mass is 10.1. The molecule has 1 atom stereocenters. The van der Waals surface area contributed by atoms with E-state index < -0.39 is 0 Å². The Labute approximate surface area is 160 Å². The van der Waals surface area contributed by atoms with Crippen molar-refractivity contribution >= 4 is 5.91 Å². The van der Waals surface area contributed by atoms with Crippen molar-refractivity contribution in [3.8, 4) is 5.75 Å². The van der Waals surface area contributed by atoms with Gasteiger partial charge in [-0.1, -0.05) is 42.5 Å². The molecule has 142 valence electrons. The predicted octanol–water partition coefficient (Wildman–Crippen LogP) is 2.81. The van der Waals surface area contributed by atoms with Crippen LogP contribution < -0.4 is 4.74 Å². The second-order valence-corrected chi connectivity index (χ2v) is 7.15. The molecule has 2 aliphatic heterocycles. The van der Waals surface area contributed by atoms with Crippen LogP contribution >= 0.6 is 0 Å². The van der Waals surface area contributed by atoms with Gasteiger partial charge in [0.15, 0.2) is 0 Å². The van der Waals surface area contributed by atoms with E-state index in [0.29, 0.717) is 37.6 Å². The summed E-state index contributed by atoms with van der Waals surface area (Å²) in [5, 5.41) is 0. The molecule has 0 radical (unpaired) electrons. The van der Waals surface area contributed by atoms with Crippen LogP contribution in [0.3, 0.4) is 0 Å². The summed E-state index contributed by atoms with van der Waals surface area (Å²) in [6.07, 6.45) is 1.10. The zero-order chi connectivity index (χ0) is 18.5. The van der Waals surface area contributed by atoms with Crippen LogP contribution in [0.25, 0.3) is 0 Å². The van der Waals surface area contributed by atoms with Gasteiger partial charge in [0.25, 0.3) is 5.91 Å². The van der Waals surface area contributed by atoms with Crippen LogP contribution in [-0.2, 0) is 11.3 Å². The SMILES string of the molecule is O=C(c1ccccc1O[C@H]1CCN(Cc2ccccc2)C1)N1CCOCC1. The summed E-state index contributed by atoms with van der Waals surface area (Å²) in [4.78, 5) is 17.1. The Bertz CT molecular complexity index is 759. The van der Waals surface area contributed by atoms with Gasteiger partial charge in [0.05, 0.1) is 18.8 Å². The lowest BCUT2D eigenvalue weighted by Gasteiger charge is -2.28. The van der Waals surface area contributed by atoms with Crippen molar-refractivity contribution in [2.75, 3.05) is 39.4 Å². The third-order valence-electron chi connectivity index (χ3n) is 5.19. The van der Waals surface area contributed by atoms with Gasteiger partial charge >= 0.3 is 0 Å². The van der Waals surface area contributed by atoms with Gasteiger partial charge in [-0.3, -0.25) is 9.69 Å². The van der Waals surface area contributed by atoms with Crippen LogP contribution in [0.4, 0.5) is 0 Å². The highest BCUT2D eigenvalue weighted by molar-refractivity contribution is 5.97. The topological polar surface area (TPSA) is 42.0 Å². The molecule has 2 aromatic carbocycles. The number of benzene rings is 2. The summed E-state index contributed by atoms with van der Waals surface area (Å²) in [6, 6.07) is 18.1. The number of morpholine rings is 1. The average molecular weight is 366 g/mol. The smallest absolute Gasteiger partial charge is 0.257 e. The van der Waals surface area contributed by atoms with Gasteiger partial charge in [0.2, 0.25) is 0 Å². The molecule has 1 amide bonds. The fourth-order valence-corrected chi connectivity index (χ4v) is 3.74. The van der Waals surface area contributed by atoms with Gasteiger partial charge in [-0.15, -0.1) is 0 Å². The molecule has 4 rings (SSSR count). The fraction of sp³-hybridized carbons (Fsp3) is 0.409. The maximum absolute atomic E-state index is 12.9. The quantitative estimate of drug-likeness (QED) is 0.816. The standard InChI is InChI=1S/C22H26N2O3/c25-22(24-12-14-26-15-13-24)20-8-4-5-9-21(20)27-19-10-11-23(17-19)16-18-6-2-1-3-7-18/h1-9,19H,10-17H2/t19-/m0/s1. The first-order valence-electron chi connectivity index (χ1n) is 9.68. The summed E-state index contributed by atoms with van der Waals surface area (Å²) in [5.41, 5.74) is 1.97. The van der Waals surface area contributed by atoms with E-state index in [1.165, 1.54) is 5.56 Å². The molecule has 0 aromatic heterocycles. The van der Waals surface area contributed by atoms with Crippen LogP contribution in [0.15, 0.2) is 54.6 Å². The molecule has 0 saturated carbocycles. The van der Waals surface area contributed by atoms with E-state index in [1.54, 1.807) is 0 Å². The van der Waals surface area contributed by atoms with Crippen LogP contribution in [0.1, 0.15) is 22.3 Å². The molecule has 2 heterocycles. The Morgan fingerprint density at radius 2 is 1.74 bits per heavy atom. The number of para-hydroxylation sites is 1. The first-order valence-corrected chi connectivity index (χ1v) is 9.68. The minimum atomic E-state index is 0.0352. The molecule has 2 aliphatic rings. The number of likely N-dealkylation sites (tertiary alicyclic amines) is 1. The average Bonchev–Trinajstić information content (AvgIpc) is 3.16. The number of ether oxygens (including phenoxy) is 2. The summed E-state index contributed by atoms with van der Waals surface area (Å²) < 4.78 is 11.6. The molecule has 5 heteroatoms. The van der Waals surface area contributed by atoms with Crippen molar-refractivity contribution < 1.29 is 14.3 Å². The van der Waals surface area contributed by atoms with Gasteiger partial charge < -0.3 is 14.4 Å². The van der Waals surface area contributed by atoms with Gasteiger partial charge in [0.1, 0.15) is 11.9 Å². The van der Waals surface area contributed by atoms with Gasteiger partial charge in [-0.2, -0.15) is 0 Å². The van der Waals surface area contributed by atoms with Crippen LogP contribution in [0, 0.1) is 0 Å². The van der Waals surface area contributed by atoms with E-state index in [4.69, 9.17) is 9.47 Å². The van der Waals surface area contributed by atoms with Crippen molar-refractivity contribution in [3.63, 3.8) is 0 Å². The molecule has 5 nitrogen and oxygen atoms in total. The number of carbonyl (C=O) groups excluding carboxylic acids is 1. The first-order chi connectivity index (χ1) is 13.3. The minimum Gasteiger partial charge on any atom is -0.488 e. The van der Waals surface area contributed by atoms with Crippen molar-refractivity contribution in [3.05, 3.63) is 65.7 Å². The second kappa shape index (κ2) is 8.55. The number of nitrogens with zero attached hydrogens (tertiary/aromatic N) is 2. The van der Waals surface area contributed by atoms with E-state index >= 15 is 0 Å². The molecular weight excluding hydrogens is 340 g/mol. The van der Waals surface area contributed by atoms with Crippen molar-refractivity contribution in [2.45, 2.75) is 19.1 Å². The van der Waals surface area contributed by atoms with Crippen molar-refractivity contribution in [1.29, 1.82) is 0 Å². The van der Waals surface area contributed by atoms with Gasteiger partial charge in [-0.25, -0.2) is 0 Å². The second-order valence-electron chi connectivity index (χ2n) is 7.15. The van der Waals surface area contributed by atoms with Crippen LogP contribution in [0.5, 0.6) is 5.75 Å². The maximum atomic E-state index is 12.9. The number of carbonyl (C=O) groups is 1. The summed E-state index contributed by atoms with van der Waals surface area (Å²) in [7, 11) is 0. The zero-order valence-corrected chi connectivity index (χ0v) is 15.5. The third kappa shape index (κ3) is 4.49. The lowest BCUT2D eigenvalue weighted by Crippen LogP contribution is -2.41. The molecule has 2 saturated heterocycles. The monoisotopic (exact) mass is 366 g/mol. The molecule has 0 bridgehead atoms. The normalized spacial score (nSPS) is 20.6. The molecule has 0 aliphatic carbocycles. The Morgan fingerprint density at radius 3 is 2.56 bits per heavy atom.